The third kappa shape index (κ3) is 4.02. The molecule has 0 aliphatic rings. The lowest BCUT2D eigenvalue weighted by molar-refractivity contribution is -0.119. The molecule has 0 aliphatic carbocycles. The number of hydrogen-bond donors (Lipinski definition) is 2. The number of amides is 1. The van der Waals surface area contributed by atoms with Gasteiger partial charge in [0.25, 0.3) is 0 Å². The van der Waals surface area contributed by atoms with Crippen molar-refractivity contribution in [3.8, 4) is 12.3 Å². The predicted octanol–water partition coefficient (Wildman–Crippen LogP) is 0.744. The van der Waals surface area contributed by atoms with E-state index in [2.05, 4.69) is 26.6 Å². The van der Waals surface area contributed by atoms with Crippen LogP contribution in [0.5, 0.6) is 0 Å². The van der Waals surface area contributed by atoms with Crippen LogP contribution in [0.1, 0.15) is 6.42 Å². The molecule has 0 saturated carbocycles. The number of sulfonamides is 1. The highest BCUT2D eigenvalue weighted by atomic mass is 79.9. The zero-order valence-electron chi connectivity index (χ0n) is 9.56. The highest BCUT2D eigenvalue weighted by Gasteiger charge is 2.25. The van der Waals surface area contributed by atoms with Gasteiger partial charge in [0, 0.05) is 10.9 Å². The Kier molecular flexibility index (Phi) is 5.05. The van der Waals surface area contributed by atoms with Gasteiger partial charge in [0.15, 0.2) is 0 Å². The molecular weight excluding hydrogens is 339 g/mol. The molecule has 0 spiro atoms. The van der Waals surface area contributed by atoms with Gasteiger partial charge < -0.3 is 5.73 Å². The highest BCUT2D eigenvalue weighted by Crippen LogP contribution is 2.22. The minimum absolute atomic E-state index is 0.0314. The molecule has 102 valence electrons. The van der Waals surface area contributed by atoms with Crippen LogP contribution in [0.15, 0.2) is 27.6 Å². The number of carbonyl (C=O) groups is 1. The van der Waals surface area contributed by atoms with E-state index >= 15 is 0 Å². The number of primary amides is 1. The lowest BCUT2D eigenvalue weighted by Gasteiger charge is -2.14. The van der Waals surface area contributed by atoms with Crippen LogP contribution >= 0.6 is 15.9 Å². The van der Waals surface area contributed by atoms with Crippen LogP contribution in [-0.2, 0) is 14.8 Å². The Morgan fingerprint density at radius 3 is 2.68 bits per heavy atom. The van der Waals surface area contributed by atoms with Crippen molar-refractivity contribution < 1.29 is 17.6 Å². The first-order valence-electron chi connectivity index (χ1n) is 4.98. The average molecular weight is 349 g/mol. The summed E-state index contributed by atoms with van der Waals surface area (Å²) >= 11 is 2.93. The summed E-state index contributed by atoms with van der Waals surface area (Å²) in [6.45, 7) is 0. The fraction of sp³-hybridized carbons (Fsp3) is 0.182. The second kappa shape index (κ2) is 6.14. The maximum Gasteiger partial charge on any atom is 0.242 e. The molecule has 1 atom stereocenters. The van der Waals surface area contributed by atoms with Gasteiger partial charge in [-0.05, 0) is 34.1 Å². The van der Waals surface area contributed by atoms with Crippen LogP contribution in [0, 0.1) is 18.2 Å². The summed E-state index contributed by atoms with van der Waals surface area (Å²) in [5, 5.41) is 0. The number of hydrogen-bond acceptors (Lipinski definition) is 3. The highest BCUT2D eigenvalue weighted by molar-refractivity contribution is 9.10. The van der Waals surface area contributed by atoms with Crippen LogP contribution in [0.3, 0.4) is 0 Å². The lowest BCUT2D eigenvalue weighted by atomic mass is 10.2. The SMILES string of the molecule is C#CCC(NS(=O)(=O)c1ccc(F)cc1Br)C(N)=O. The van der Waals surface area contributed by atoms with Crippen molar-refractivity contribution in [2.45, 2.75) is 17.4 Å². The van der Waals surface area contributed by atoms with E-state index in [4.69, 9.17) is 12.2 Å². The topological polar surface area (TPSA) is 89.3 Å². The van der Waals surface area contributed by atoms with E-state index in [9.17, 15) is 17.6 Å². The normalized spacial score (nSPS) is 12.7. The molecule has 1 rings (SSSR count). The molecule has 1 unspecified atom stereocenters. The number of nitrogens with one attached hydrogen (secondary N) is 1. The van der Waals surface area contributed by atoms with Gasteiger partial charge in [-0.2, -0.15) is 4.72 Å². The van der Waals surface area contributed by atoms with Gasteiger partial charge in [-0.25, -0.2) is 12.8 Å². The molecular formula is C11H10BrFN2O3S. The molecule has 0 aliphatic heterocycles. The number of terminal acetylenes is 1. The third-order valence-electron chi connectivity index (χ3n) is 2.15. The van der Waals surface area contributed by atoms with Gasteiger partial charge in [0.2, 0.25) is 15.9 Å². The average Bonchev–Trinajstić information content (AvgIpc) is 2.27. The molecule has 1 aromatic carbocycles. The predicted molar refractivity (Wildman–Crippen MR) is 70.9 cm³/mol. The zero-order chi connectivity index (χ0) is 14.6. The third-order valence-corrected chi connectivity index (χ3v) is 4.59. The fourth-order valence-corrected chi connectivity index (χ4v) is 3.52. The number of benzene rings is 1. The molecule has 0 radical (unpaired) electrons. The Morgan fingerprint density at radius 1 is 1.58 bits per heavy atom. The Bertz CT molecular complexity index is 640. The van der Waals surface area contributed by atoms with E-state index in [0.717, 1.165) is 18.2 Å². The van der Waals surface area contributed by atoms with Crippen molar-refractivity contribution in [3.05, 3.63) is 28.5 Å². The van der Waals surface area contributed by atoms with Crippen molar-refractivity contribution in [1.29, 1.82) is 0 Å². The Hall–Kier alpha value is -1.43. The summed E-state index contributed by atoms with van der Waals surface area (Å²) in [6, 6.07) is 1.83. The van der Waals surface area contributed by atoms with Gasteiger partial charge >= 0.3 is 0 Å². The van der Waals surface area contributed by atoms with Crippen LogP contribution in [0.25, 0.3) is 0 Å². The van der Waals surface area contributed by atoms with Crippen molar-refractivity contribution in [2.75, 3.05) is 0 Å². The van der Waals surface area contributed by atoms with E-state index in [0.29, 0.717) is 0 Å². The molecule has 0 bridgehead atoms. The van der Waals surface area contributed by atoms with Gasteiger partial charge in [0.05, 0.1) is 4.90 Å². The number of nitrogens with two attached hydrogens (primary N) is 1. The molecule has 8 heteroatoms. The Morgan fingerprint density at radius 2 is 2.21 bits per heavy atom. The zero-order valence-corrected chi connectivity index (χ0v) is 12.0. The maximum atomic E-state index is 12.9. The van der Waals surface area contributed by atoms with Crippen molar-refractivity contribution in [3.63, 3.8) is 0 Å². The first-order valence-corrected chi connectivity index (χ1v) is 7.25. The second-order valence-corrected chi connectivity index (χ2v) is 6.10. The van der Waals surface area contributed by atoms with E-state index < -0.39 is 27.8 Å². The van der Waals surface area contributed by atoms with E-state index in [1.54, 1.807) is 0 Å². The Balaban J connectivity index is 3.11. The summed E-state index contributed by atoms with van der Waals surface area (Å²) in [7, 11) is -4.03. The fourth-order valence-electron chi connectivity index (χ4n) is 1.26. The largest absolute Gasteiger partial charge is 0.368 e. The summed E-state index contributed by atoms with van der Waals surface area (Å²) in [5.41, 5.74) is 5.04. The van der Waals surface area contributed by atoms with E-state index in [1.165, 1.54) is 0 Å². The van der Waals surface area contributed by atoms with E-state index in [1.807, 2.05) is 0 Å². The first kappa shape index (κ1) is 15.6. The number of halogens is 2. The molecule has 1 amide bonds. The van der Waals surface area contributed by atoms with Crippen molar-refractivity contribution in [1.82, 2.24) is 4.72 Å². The van der Waals surface area contributed by atoms with Gasteiger partial charge in [-0.15, -0.1) is 12.3 Å². The summed E-state index contributed by atoms with van der Waals surface area (Å²) in [4.78, 5) is 10.9. The van der Waals surface area contributed by atoms with Crippen molar-refractivity contribution in [2.24, 2.45) is 5.73 Å². The summed E-state index contributed by atoms with van der Waals surface area (Å²) in [5.74, 6) is 0.662. The molecule has 5 nitrogen and oxygen atoms in total. The van der Waals surface area contributed by atoms with Gasteiger partial charge in [0.1, 0.15) is 11.9 Å². The smallest absolute Gasteiger partial charge is 0.242 e. The second-order valence-electron chi connectivity index (χ2n) is 3.56. The lowest BCUT2D eigenvalue weighted by Crippen LogP contribution is -2.44. The molecule has 0 fully saturated rings. The number of rotatable bonds is 5. The molecule has 0 heterocycles. The number of carbonyl (C=O) groups excluding carboxylic acids is 1. The van der Waals surface area contributed by atoms with E-state index in [-0.39, 0.29) is 15.8 Å². The molecule has 0 aromatic heterocycles. The quantitative estimate of drug-likeness (QED) is 0.769. The van der Waals surface area contributed by atoms with Gasteiger partial charge in [-0.1, -0.05) is 0 Å². The standard InChI is InChI=1S/C11H10BrFN2O3S/c1-2-3-9(11(14)16)15-19(17,18)10-5-4-7(13)6-8(10)12/h1,4-6,9,15H,3H2,(H2,14,16). The monoisotopic (exact) mass is 348 g/mol. The first-order chi connectivity index (χ1) is 8.77. The molecule has 0 saturated heterocycles. The van der Waals surface area contributed by atoms with Gasteiger partial charge in [-0.3, -0.25) is 4.79 Å². The summed E-state index contributed by atoms with van der Waals surface area (Å²) < 4.78 is 39.0. The molecule has 3 N–H and O–H groups in total. The van der Waals surface area contributed by atoms with Crippen LogP contribution in [0.2, 0.25) is 0 Å². The molecule has 19 heavy (non-hydrogen) atoms. The van der Waals surface area contributed by atoms with Crippen LogP contribution < -0.4 is 10.5 Å². The minimum Gasteiger partial charge on any atom is -0.368 e. The Labute approximate surface area is 118 Å². The van der Waals surface area contributed by atoms with Crippen molar-refractivity contribution >= 4 is 31.9 Å². The van der Waals surface area contributed by atoms with Crippen LogP contribution in [0.4, 0.5) is 4.39 Å². The minimum atomic E-state index is -4.03. The molecule has 1 aromatic rings. The van der Waals surface area contributed by atoms with Crippen LogP contribution in [-0.4, -0.2) is 20.4 Å². The summed E-state index contributed by atoms with van der Waals surface area (Å²) in [6.07, 6.45) is 4.85. The maximum absolute atomic E-state index is 12.9.